The van der Waals surface area contributed by atoms with E-state index in [1.165, 1.54) is 7.11 Å². The Hall–Kier alpha value is -1.40. The Bertz CT molecular complexity index is 385. The van der Waals surface area contributed by atoms with Crippen LogP contribution in [0, 0.1) is 17.3 Å². The third-order valence-electron chi connectivity index (χ3n) is 3.56. The van der Waals surface area contributed by atoms with E-state index in [9.17, 15) is 14.7 Å². The Morgan fingerprint density at radius 1 is 1.30 bits per heavy atom. The van der Waals surface area contributed by atoms with Gasteiger partial charge in [0.05, 0.1) is 7.11 Å². The molecular weight excluding hydrogens is 264 g/mol. The second kappa shape index (κ2) is 6.85. The number of carboxylic acid groups (broad SMARTS) is 1. The van der Waals surface area contributed by atoms with Crippen LogP contribution in [0.25, 0.3) is 0 Å². The van der Waals surface area contributed by atoms with Crippen molar-refractivity contribution in [2.24, 2.45) is 17.3 Å². The van der Waals surface area contributed by atoms with Gasteiger partial charge in [0.15, 0.2) is 11.7 Å². The molecule has 114 valence electrons. The van der Waals surface area contributed by atoms with E-state index in [2.05, 4.69) is 4.74 Å². The lowest BCUT2D eigenvalue weighted by molar-refractivity contribution is -0.175. The minimum atomic E-state index is -1.61. The molecule has 1 N–H and O–H groups in total. The summed E-state index contributed by atoms with van der Waals surface area (Å²) in [6.07, 6.45) is 2.68. The van der Waals surface area contributed by atoms with E-state index in [4.69, 9.17) is 9.47 Å². The molecule has 0 bridgehead atoms. The predicted octanol–water partition coefficient (Wildman–Crippen LogP) is 1.45. The van der Waals surface area contributed by atoms with E-state index >= 15 is 0 Å². The first-order valence-electron chi connectivity index (χ1n) is 6.70. The van der Waals surface area contributed by atoms with Gasteiger partial charge in [-0.2, -0.15) is 0 Å². The zero-order valence-electron chi connectivity index (χ0n) is 12.3. The summed E-state index contributed by atoms with van der Waals surface area (Å²) in [5.74, 6) is -3.03. The number of ether oxygens (including phenoxy) is 3. The van der Waals surface area contributed by atoms with E-state index in [0.717, 1.165) is 0 Å². The third kappa shape index (κ3) is 2.58. The van der Waals surface area contributed by atoms with Gasteiger partial charge in [-0.3, -0.25) is 9.59 Å². The first-order chi connectivity index (χ1) is 9.51. The SMILES string of the molecule is C/C=C/[C@H]1[C@H](C(OCC)OCC)C1(C(=O)O)C(=O)OC. The van der Waals surface area contributed by atoms with Gasteiger partial charge in [0.2, 0.25) is 0 Å². The average Bonchev–Trinajstić information content (AvgIpc) is 3.08. The van der Waals surface area contributed by atoms with Crippen molar-refractivity contribution in [1.82, 2.24) is 0 Å². The lowest BCUT2D eigenvalue weighted by Gasteiger charge is -2.18. The van der Waals surface area contributed by atoms with E-state index in [0.29, 0.717) is 13.2 Å². The molecule has 1 aliphatic rings. The molecule has 6 nitrogen and oxygen atoms in total. The van der Waals surface area contributed by atoms with Crippen molar-refractivity contribution in [2.75, 3.05) is 20.3 Å². The molecule has 1 aliphatic carbocycles. The summed E-state index contributed by atoms with van der Waals surface area (Å²) in [7, 11) is 1.19. The fraction of sp³-hybridized carbons (Fsp3) is 0.714. The second-order valence-electron chi connectivity index (χ2n) is 4.52. The maximum absolute atomic E-state index is 12.0. The van der Waals surface area contributed by atoms with E-state index < -0.39 is 35.5 Å². The minimum absolute atomic E-state index is 0.376. The van der Waals surface area contributed by atoms with Gasteiger partial charge < -0.3 is 19.3 Å². The molecule has 1 rings (SSSR count). The highest BCUT2D eigenvalue weighted by molar-refractivity contribution is 6.04. The Balaban J connectivity index is 3.13. The van der Waals surface area contributed by atoms with Crippen LogP contribution >= 0.6 is 0 Å². The molecule has 0 heterocycles. The van der Waals surface area contributed by atoms with Crippen molar-refractivity contribution in [2.45, 2.75) is 27.1 Å². The molecule has 0 aliphatic heterocycles. The Morgan fingerprint density at radius 3 is 2.20 bits per heavy atom. The van der Waals surface area contributed by atoms with E-state index in [-0.39, 0.29) is 0 Å². The van der Waals surface area contributed by atoms with Crippen molar-refractivity contribution in [3.05, 3.63) is 12.2 Å². The number of allylic oxidation sites excluding steroid dienone is 2. The number of carbonyl (C=O) groups excluding carboxylic acids is 1. The molecule has 0 aromatic heterocycles. The number of methoxy groups -OCH3 is 1. The van der Waals surface area contributed by atoms with E-state index in [1.807, 2.05) is 0 Å². The molecule has 6 heteroatoms. The third-order valence-corrected chi connectivity index (χ3v) is 3.56. The summed E-state index contributed by atoms with van der Waals surface area (Å²) in [6, 6.07) is 0. The monoisotopic (exact) mass is 286 g/mol. The van der Waals surface area contributed by atoms with Crippen molar-refractivity contribution >= 4 is 11.9 Å². The number of hydrogen-bond donors (Lipinski definition) is 1. The van der Waals surface area contributed by atoms with Crippen molar-refractivity contribution in [1.29, 1.82) is 0 Å². The van der Waals surface area contributed by atoms with Gasteiger partial charge >= 0.3 is 11.9 Å². The number of rotatable bonds is 8. The van der Waals surface area contributed by atoms with Gasteiger partial charge in [0, 0.05) is 25.0 Å². The van der Waals surface area contributed by atoms with Gasteiger partial charge in [-0.15, -0.1) is 0 Å². The van der Waals surface area contributed by atoms with Crippen LogP contribution in [-0.4, -0.2) is 43.7 Å². The maximum Gasteiger partial charge on any atom is 0.324 e. The summed E-state index contributed by atoms with van der Waals surface area (Å²) in [5.41, 5.74) is -1.61. The first-order valence-corrected chi connectivity index (χ1v) is 6.70. The van der Waals surface area contributed by atoms with Crippen LogP contribution in [-0.2, 0) is 23.8 Å². The second-order valence-corrected chi connectivity index (χ2v) is 4.52. The van der Waals surface area contributed by atoms with Crippen LogP contribution in [0.1, 0.15) is 20.8 Å². The highest BCUT2D eigenvalue weighted by atomic mass is 16.7. The molecule has 0 amide bonds. The van der Waals surface area contributed by atoms with Crippen LogP contribution in [0.4, 0.5) is 0 Å². The first kappa shape index (κ1) is 16.7. The van der Waals surface area contributed by atoms with Crippen molar-refractivity contribution < 1.29 is 28.9 Å². The molecule has 1 fully saturated rings. The molecule has 0 spiro atoms. The molecule has 0 aromatic rings. The molecule has 20 heavy (non-hydrogen) atoms. The number of carbonyl (C=O) groups is 2. The predicted molar refractivity (Wildman–Crippen MR) is 70.9 cm³/mol. The zero-order chi connectivity index (χ0) is 15.3. The smallest absolute Gasteiger partial charge is 0.324 e. The normalized spacial score (nSPS) is 28.9. The van der Waals surface area contributed by atoms with Crippen LogP contribution in [0.15, 0.2) is 12.2 Å². The average molecular weight is 286 g/mol. The number of aliphatic carboxylic acids is 1. The van der Waals surface area contributed by atoms with Crippen LogP contribution in [0.2, 0.25) is 0 Å². The van der Waals surface area contributed by atoms with E-state index in [1.54, 1.807) is 32.9 Å². The number of esters is 1. The molecule has 0 radical (unpaired) electrons. The van der Waals surface area contributed by atoms with Gasteiger partial charge in [0.25, 0.3) is 0 Å². The van der Waals surface area contributed by atoms with Gasteiger partial charge in [-0.05, 0) is 20.8 Å². The Labute approximate surface area is 118 Å². The van der Waals surface area contributed by atoms with Crippen LogP contribution in [0.3, 0.4) is 0 Å². The number of carboxylic acids is 1. The molecule has 1 saturated carbocycles. The molecular formula is C14H22O6. The molecule has 0 aromatic carbocycles. The topological polar surface area (TPSA) is 82.1 Å². The Morgan fingerprint density at radius 2 is 1.85 bits per heavy atom. The van der Waals surface area contributed by atoms with Crippen LogP contribution in [0.5, 0.6) is 0 Å². The summed E-state index contributed by atoms with van der Waals surface area (Å²) >= 11 is 0. The summed E-state index contributed by atoms with van der Waals surface area (Å²) in [6.45, 7) is 6.11. The molecule has 1 unspecified atom stereocenters. The van der Waals surface area contributed by atoms with Gasteiger partial charge in [-0.1, -0.05) is 12.2 Å². The Kier molecular flexibility index (Phi) is 5.71. The minimum Gasteiger partial charge on any atom is -0.480 e. The summed E-state index contributed by atoms with van der Waals surface area (Å²) < 4.78 is 15.6. The van der Waals surface area contributed by atoms with Crippen molar-refractivity contribution in [3.8, 4) is 0 Å². The molecule has 0 saturated heterocycles. The lowest BCUT2D eigenvalue weighted by atomic mass is 10.0. The highest BCUT2D eigenvalue weighted by Gasteiger charge is 2.77. The molecule has 3 atom stereocenters. The highest BCUT2D eigenvalue weighted by Crippen LogP contribution is 2.63. The van der Waals surface area contributed by atoms with Crippen LogP contribution < -0.4 is 0 Å². The standard InChI is InChI=1S/C14H22O6/c1-5-8-9-10(11(19-6-2)20-7-3)14(9,12(15)16)13(17)18-4/h5,8-11H,6-7H2,1-4H3,(H,15,16)/b8-5+/t9-,10+,14?/m0/s1. The zero-order valence-corrected chi connectivity index (χ0v) is 12.3. The quantitative estimate of drug-likeness (QED) is 0.315. The summed E-state index contributed by atoms with van der Waals surface area (Å²) in [5, 5.41) is 9.51. The maximum atomic E-state index is 12.0. The summed E-state index contributed by atoms with van der Waals surface area (Å²) in [4.78, 5) is 23.6. The fourth-order valence-corrected chi connectivity index (χ4v) is 2.70. The van der Waals surface area contributed by atoms with Gasteiger partial charge in [-0.25, -0.2) is 0 Å². The lowest BCUT2D eigenvalue weighted by Crippen LogP contribution is -2.34. The van der Waals surface area contributed by atoms with Crippen molar-refractivity contribution in [3.63, 3.8) is 0 Å². The number of hydrogen-bond acceptors (Lipinski definition) is 5. The largest absolute Gasteiger partial charge is 0.480 e. The fourth-order valence-electron chi connectivity index (χ4n) is 2.70. The van der Waals surface area contributed by atoms with Gasteiger partial charge in [0.1, 0.15) is 0 Å².